The largest absolute Gasteiger partial charge is 0.417 e. The van der Waals surface area contributed by atoms with Crippen LogP contribution in [-0.4, -0.2) is 26.9 Å². The number of rotatable bonds is 2. The Hall–Kier alpha value is -3.76. The van der Waals surface area contributed by atoms with E-state index in [1.54, 1.807) is 6.20 Å². The molecule has 6 nitrogen and oxygen atoms in total. The molecule has 0 radical (unpaired) electrons. The summed E-state index contributed by atoms with van der Waals surface area (Å²) in [5.41, 5.74) is -1.14. The number of hydrogen-bond donors (Lipinski definition) is 2. The number of urea groups is 1. The summed E-state index contributed by atoms with van der Waals surface area (Å²) in [4.78, 5) is 32.5. The van der Waals surface area contributed by atoms with E-state index in [0.29, 0.717) is 19.3 Å². The number of benzene rings is 1. The zero-order valence-electron chi connectivity index (χ0n) is 17.4. The minimum absolute atomic E-state index is 0. The Bertz CT molecular complexity index is 1370. The quantitative estimate of drug-likeness (QED) is 0.474. The fraction of sp³-hybridized carbons (Fsp3) is 0.261. The minimum Gasteiger partial charge on any atom is -0.329 e. The van der Waals surface area contributed by atoms with Crippen molar-refractivity contribution in [2.45, 2.75) is 37.5 Å². The third-order valence-corrected chi connectivity index (χ3v) is 6.27. The monoisotopic (exact) mass is 480 g/mol. The van der Waals surface area contributed by atoms with Crippen LogP contribution in [0.25, 0.3) is 11.1 Å². The normalized spacial score (nSPS) is 19.1. The molecule has 5 rings (SSSR count). The highest BCUT2D eigenvalue weighted by Crippen LogP contribution is 2.44. The van der Waals surface area contributed by atoms with E-state index in [1.807, 2.05) is 0 Å². The summed E-state index contributed by atoms with van der Waals surface area (Å²) in [6, 6.07) is 2.20. The zero-order valence-corrected chi connectivity index (χ0v) is 17.4. The standard InChI is InChI=1S/C23H17F5N4O2.2H2/c24-13-3-12(8-29-9-13)15-6-19(18(25)7-17(15)23(26,27)28)31-22(34)32-14-1-2-20(32)16-10-30-21(33)5-11(16)4-14;;/h3,5-10,14,20H,1-2,4H2,(H,30,33)(H,31,34);2*1H/t14-,20+;;/m0../s1. The van der Waals surface area contributed by atoms with Gasteiger partial charge in [-0.3, -0.25) is 9.78 Å². The summed E-state index contributed by atoms with van der Waals surface area (Å²) in [5.74, 6) is -2.13. The van der Waals surface area contributed by atoms with E-state index in [1.165, 1.54) is 11.0 Å². The number of anilines is 1. The molecule has 0 aliphatic carbocycles. The van der Waals surface area contributed by atoms with E-state index in [0.717, 1.165) is 35.7 Å². The van der Waals surface area contributed by atoms with Crippen molar-refractivity contribution in [3.8, 4) is 11.1 Å². The number of pyridine rings is 2. The molecule has 3 aromatic rings. The Morgan fingerprint density at radius 2 is 1.94 bits per heavy atom. The maximum absolute atomic E-state index is 14.7. The van der Waals surface area contributed by atoms with Crippen molar-refractivity contribution in [2.75, 3.05) is 5.32 Å². The summed E-state index contributed by atoms with van der Waals surface area (Å²) < 4.78 is 69.1. The maximum Gasteiger partial charge on any atom is 0.417 e. The van der Waals surface area contributed by atoms with Gasteiger partial charge in [0, 0.05) is 32.9 Å². The Balaban J connectivity index is 0.00000180. The average Bonchev–Trinajstić information content (AvgIpc) is 3.09. The second kappa shape index (κ2) is 7.93. The van der Waals surface area contributed by atoms with Gasteiger partial charge in [-0.1, -0.05) is 0 Å². The van der Waals surface area contributed by atoms with Crippen LogP contribution < -0.4 is 10.9 Å². The average molecular weight is 480 g/mol. The van der Waals surface area contributed by atoms with E-state index in [9.17, 15) is 31.5 Å². The van der Waals surface area contributed by atoms with Crippen LogP contribution >= 0.6 is 0 Å². The lowest BCUT2D eigenvalue weighted by Crippen LogP contribution is -2.44. The number of nitrogens with one attached hydrogen (secondary N) is 2. The van der Waals surface area contributed by atoms with Crippen LogP contribution in [0, 0.1) is 11.6 Å². The second-order valence-electron chi connectivity index (χ2n) is 8.33. The lowest BCUT2D eigenvalue weighted by molar-refractivity contribution is -0.137. The lowest BCUT2D eigenvalue weighted by atomic mass is 9.95. The van der Waals surface area contributed by atoms with Crippen molar-refractivity contribution >= 4 is 11.7 Å². The van der Waals surface area contributed by atoms with E-state index >= 15 is 0 Å². The molecule has 1 aromatic carbocycles. The van der Waals surface area contributed by atoms with Crippen molar-refractivity contribution in [2.24, 2.45) is 0 Å². The van der Waals surface area contributed by atoms with Crippen LogP contribution in [0.15, 0.2) is 47.7 Å². The van der Waals surface area contributed by atoms with Gasteiger partial charge < -0.3 is 15.2 Å². The van der Waals surface area contributed by atoms with Crippen molar-refractivity contribution < 1.29 is 29.6 Å². The molecule has 34 heavy (non-hydrogen) atoms. The molecular formula is C23H21F5N4O2. The molecular weight excluding hydrogens is 459 g/mol. The number of alkyl halides is 3. The van der Waals surface area contributed by atoms with Gasteiger partial charge in [0.05, 0.1) is 23.5 Å². The topological polar surface area (TPSA) is 78.1 Å². The smallest absolute Gasteiger partial charge is 0.329 e. The van der Waals surface area contributed by atoms with Gasteiger partial charge in [0.2, 0.25) is 5.56 Å². The molecule has 0 saturated carbocycles. The summed E-state index contributed by atoms with van der Waals surface area (Å²) in [7, 11) is 0. The second-order valence-corrected chi connectivity index (χ2v) is 8.33. The number of nitrogens with zero attached hydrogens (tertiary/aromatic N) is 2. The molecule has 2 amide bonds. The number of carbonyl (C=O) groups excluding carboxylic acids is 1. The first-order valence-corrected chi connectivity index (χ1v) is 10.4. The van der Waals surface area contributed by atoms with Gasteiger partial charge in [0.1, 0.15) is 11.6 Å². The lowest BCUT2D eigenvalue weighted by Gasteiger charge is -2.36. The predicted octanol–water partition coefficient (Wildman–Crippen LogP) is 5.52. The van der Waals surface area contributed by atoms with Gasteiger partial charge in [-0.2, -0.15) is 13.2 Å². The van der Waals surface area contributed by atoms with Crippen LogP contribution in [0.5, 0.6) is 0 Å². The number of aromatic amines is 1. The van der Waals surface area contributed by atoms with E-state index in [4.69, 9.17) is 0 Å². The van der Waals surface area contributed by atoms with Crippen molar-refractivity contribution in [3.63, 3.8) is 0 Å². The van der Waals surface area contributed by atoms with Gasteiger partial charge >= 0.3 is 12.2 Å². The SMILES string of the molecule is O=C(Nc1cc(-c2cncc(F)c2)c(C(F)(F)F)cc1F)N1[C@H]2CC[C@@H]1c1c[nH]c(=O)cc1C2.[HH].[HH]. The molecule has 2 atom stereocenters. The Morgan fingerprint density at radius 1 is 1.15 bits per heavy atom. The molecule has 11 heteroatoms. The van der Waals surface area contributed by atoms with Gasteiger partial charge in [0.25, 0.3) is 0 Å². The van der Waals surface area contributed by atoms with Crippen molar-refractivity contribution in [3.05, 3.63) is 81.5 Å². The number of aromatic nitrogens is 2. The Morgan fingerprint density at radius 3 is 2.68 bits per heavy atom. The zero-order chi connectivity index (χ0) is 24.2. The maximum atomic E-state index is 14.7. The van der Waals surface area contributed by atoms with Gasteiger partial charge in [-0.05, 0) is 54.2 Å². The van der Waals surface area contributed by atoms with Crippen LogP contribution in [-0.2, 0) is 12.6 Å². The summed E-state index contributed by atoms with van der Waals surface area (Å²) in [6.07, 6.45) is 0.234. The van der Waals surface area contributed by atoms with Crippen LogP contribution in [0.2, 0.25) is 0 Å². The van der Waals surface area contributed by atoms with E-state index in [2.05, 4.69) is 15.3 Å². The fourth-order valence-electron chi connectivity index (χ4n) is 4.84. The van der Waals surface area contributed by atoms with Gasteiger partial charge in [-0.25, -0.2) is 13.6 Å². The predicted molar refractivity (Wildman–Crippen MR) is 116 cm³/mol. The first-order valence-electron chi connectivity index (χ1n) is 10.4. The molecule has 1 fully saturated rings. The van der Waals surface area contributed by atoms with E-state index < -0.39 is 40.7 Å². The fourth-order valence-corrected chi connectivity index (χ4v) is 4.84. The molecule has 4 heterocycles. The number of H-pyrrole nitrogens is 1. The Kier molecular flexibility index (Phi) is 5.14. The van der Waals surface area contributed by atoms with Crippen LogP contribution in [0.3, 0.4) is 0 Å². The third kappa shape index (κ3) is 3.80. The molecule has 2 aliphatic rings. The number of halogens is 5. The highest BCUT2D eigenvalue weighted by molar-refractivity contribution is 5.91. The molecule has 180 valence electrons. The number of carbonyl (C=O) groups is 1. The molecule has 0 spiro atoms. The number of fused-ring (bicyclic) bond motifs is 4. The number of amides is 2. The van der Waals surface area contributed by atoms with Crippen molar-refractivity contribution in [1.29, 1.82) is 0 Å². The first-order chi connectivity index (χ1) is 16.1. The molecule has 0 unspecified atom stereocenters. The summed E-state index contributed by atoms with van der Waals surface area (Å²) in [5, 5.41) is 2.38. The molecule has 2 aromatic heterocycles. The third-order valence-electron chi connectivity index (χ3n) is 6.27. The Labute approximate surface area is 192 Å². The summed E-state index contributed by atoms with van der Waals surface area (Å²) in [6.45, 7) is 0. The molecule has 1 saturated heterocycles. The molecule has 2 aliphatic heterocycles. The first kappa shape index (κ1) is 22.1. The highest BCUT2D eigenvalue weighted by Gasteiger charge is 2.43. The van der Waals surface area contributed by atoms with Gasteiger partial charge in [0.15, 0.2) is 0 Å². The van der Waals surface area contributed by atoms with Gasteiger partial charge in [-0.15, -0.1) is 0 Å². The van der Waals surface area contributed by atoms with Crippen LogP contribution in [0.1, 0.15) is 38.4 Å². The van der Waals surface area contributed by atoms with Crippen molar-refractivity contribution in [1.82, 2.24) is 14.9 Å². The minimum atomic E-state index is -4.92. The summed E-state index contributed by atoms with van der Waals surface area (Å²) >= 11 is 0. The number of hydrogen-bond acceptors (Lipinski definition) is 3. The highest BCUT2D eigenvalue weighted by atomic mass is 19.4. The van der Waals surface area contributed by atoms with E-state index in [-0.39, 0.29) is 32.1 Å². The molecule has 2 N–H and O–H groups in total. The van der Waals surface area contributed by atoms with Crippen LogP contribution in [0.4, 0.5) is 32.4 Å². The molecule has 2 bridgehead atoms.